The fourth-order valence-corrected chi connectivity index (χ4v) is 3.23. The SMILES string of the molecule is Cc1c(NC(=O)c2oc3ccccc3c2COc2ccccc2)cccc1[N+](=O)[O-]. The number of carbonyl (C=O) groups excluding carboxylic acids is 1. The molecule has 3 aromatic carbocycles. The number of amides is 1. The summed E-state index contributed by atoms with van der Waals surface area (Å²) in [4.78, 5) is 23.7. The van der Waals surface area contributed by atoms with Gasteiger partial charge in [0.25, 0.3) is 11.6 Å². The maximum atomic E-state index is 13.0. The van der Waals surface area contributed by atoms with E-state index in [0.29, 0.717) is 28.1 Å². The van der Waals surface area contributed by atoms with Crippen LogP contribution in [0.25, 0.3) is 11.0 Å². The Morgan fingerprint density at radius 1 is 1.03 bits per heavy atom. The van der Waals surface area contributed by atoms with E-state index in [0.717, 1.165) is 5.39 Å². The molecule has 7 nitrogen and oxygen atoms in total. The van der Waals surface area contributed by atoms with Crippen molar-refractivity contribution in [3.8, 4) is 5.75 Å². The van der Waals surface area contributed by atoms with Gasteiger partial charge in [-0.25, -0.2) is 0 Å². The second-order valence-corrected chi connectivity index (χ2v) is 6.67. The molecule has 0 radical (unpaired) electrons. The lowest BCUT2D eigenvalue weighted by Gasteiger charge is -2.09. The van der Waals surface area contributed by atoms with Crippen LogP contribution in [-0.4, -0.2) is 10.8 Å². The van der Waals surface area contributed by atoms with Crippen LogP contribution in [0.15, 0.2) is 77.2 Å². The molecule has 4 aromatic rings. The number of fused-ring (bicyclic) bond motifs is 1. The summed E-state index contributed by atoms with van der Waals surface area (Å²) in [6.45, 7) is 1.73. The predicted octanol–water partition coefficient (Wildman–Crippen LogP) is 5.48. The van der Waals surface area contributed by atoms with Gasteiger partial charge in [-0.15, -0.1) is 0 Å². The highest BCUT2D eigenvalue weighted by Crippen LogP contribution is 2.30. The maximum Gasteiger partial charge on any atom is 0.291 e. The van der Waals surface area contributed by atoms with E-state index in [4.69, 9.17) is 9.15 Å². The van der Waals surface area contributed by atoms with Crippen LogP contribution >= 0.6 is 0 Å². The van der Waals surface area contributed by atoms with Crippen molar-refractivity contribution in [1.82, 2.24) is 0 Å². The zero-order valence-corrected chi connectivity index (χ0v) is 16.1. The molecule has 0 unspecified atom stereocenters. The molecule has 0 aliphatic heterocycles. The van der Waals surface area contributed by atoms with Crippen LogP contribution in [0.3, 0.4) is 0 Å². The Labute approximate surface area is 172 Å². The van der Waals surface area contributed by atoms with Crippen molar-refractivity contribution in [1.29, 1.82) is 0 Å². The summed E-state index contributed by atoms with van der Waals surface area (Å²) in [5.74, 6) is 0.281. The van der Waals surface area contributed by atoms with Gasteiger partial charge in [-0.3, -0.25) is 14.9 Å². The first-order valence-electron chi connectivity index (χ1n) is 9.28. The van der Waals surface area contributed by atoms with Crippen molar-refractivity contribution in [2.75, 3.05) is 5.32 Å². The number of hydrogen-bond donors (Lipinski definition) is 1. The number of para-hydroxylation sites is 2. The van der Waals surface area contributed by atoms with E-state index in [9.17, 15) is 14.9 Å². The molecular weight excluding hydrogens is 384 g/mol. The Bertz CT molecular complexity index is 1230. The van der Waals surface area contributed by atoms with Crippen molar-refractivity contribution < 1.29 is 18.9 Å². The summed E-state index contributed by atoms with van der Waals surface area (Å²) in [6, 6.07) is 21.1. The lowest BCUT2D eigenvalue weighted by atomic mass is 10.1. The minimum Gasteiger partial charge on any atom is -0.489 e. The van der Waals surface area contributed by atoms with Gasteiger partial charge in [0.1, 0.15) is 17.9 Å². The Balaban J connectivity index is 1.67. The van der Waals surface area contributed by atoms with Crippen molar-refractivity contribution >= 4 is 28.3 Å². The van der Waals surface area contributed by atoms with Gasteiger partial charge in [0.05, 0.1) is 16.2 Å². The second kappa shape index (κ2) is 8.08. The first kappa shape index (κ1) is 19.2. The largest absolute Gasteiger partial charge is 0.489 e. The van der Waals surface area contributed by atoms with Crippen LogP contribution in [0.4, 0.5) is 11.4 Å². The molecule has 1 aromatic heterocycles. The molecule has 0 aliphatic rings. The maximum absolute atomic E-state index is 13.0. The van der Waals surface area contributed by atoms with E-state index in [1.807, 2.05) is 48.5 Å². The first-order chi connectivity index (χ1) is 14.5. The second-order valence-electron chi connectivity index (χ2n) is 6.67. The zero-order chi connectivity index (χ0) is 21.1. The number of nitro groups is 1. The molecule has 150 valence electrons. The normalized spacial score (nSPS) is 10.7. The third kappa shape index (κ3) is 3.73. The number of hydrogen-bond acceptors (Lipinski definition) is 5. The minimum atomic E-state index is -0.499. The summed E-state index contributed by atoms with van der Waals surface area (Å²) < 4.78 is 11.7. The van der Waals surface area contributed by atoms with Gasteiger partial charge in [0, 0.05) is 17.0 Å². The van der Waals surface area contributed by atoms with Gasteiger partial charge in [0.2, 0.25) is 0 Å². The van der Waals surface area contributed by atoms with E-state index >= 15 is 0 Å². The van der Waals surface area contributed by atoms with Crippen LogP contribution in [0.1, 0.15) is 21.7 Å². The summed E-state index contributed by atoms with van der Waals surface area (Å²) in [5.41, 5.74) is 1.82. The lowest BCUT2D eigenvalue weighted by Crippen LogP contribution is -2.15. The number of nitrogens with one attached hydrogen (secondary N) is 1. The van der Waals surface area contributed by atoms with Gasteiger partial charge in [-0.05, 0) is 31.2 Å². The van der Waals surface area contributed by atoms with E-state index in [1.165, 1.54) is 12.1 Å². The number of carbonyl (C=O) groups is 1. The average Bonchev–Trinajstić information content (AvgIpc) is 3.13. The van der Waals surface area contributed by atoms with Crippen molar-refractivity contribution in [3.63, 3.8) is 0 Å². The van der Waals surface area contributed by atoms with Crippen LogP contribution in [0.2, 0.25) is 0 Å². The number of furan rings is 1. The molecule has 0 saturated carbocycles. The summed E-state index contributed by atoms with van der Waals surface area (Å²) >= 11 is 0. The van der Waals surface area contributed by atoms with Crippen LogP contribution in [0, 0.1) is 17.0 Å². The Hall–Kier alpha value is -4.13. The Morgan fingerprint density at radius 3 is 2.53 bits per heavy atom. The van der Waals surface area contributed by atoms with E-state index in [2.05, 4.69) is 5.32 Å². The third-order valence-corrected chi connectivity index (χ3v) is 4.78. The number of nitro benzene ring substituents is 1. The smallest absolute Gasteiger partial charge is 0.291 e. The average molecular weight is 402 g/mol. The minimum absolute atomic E-state index is 0.0648. The van der Waals surface area contributed by atoms with Crippen LogP contribution in [0.5, 0.6) is 5.75 Å². The van der Waals surface area contributed by atoms with E-state index in [1.54, 1.807) is 19.1 Å². The molecule has 30 heavy (non-hydrogen) atoms. The molecule has 0 atom stereocenters. The predicted molar refractivity (Wildman–Crippen MR) is 113 cm³/mol. The number of rotatable bonds is 6. The fraction of sp³-hybridized carbons (Fsp3) is 0.0870. The van der Waals surface area contributed by atoms with Crippen molar-refractivity contribution in [3.05, 3.63) is 99.8 Å². The number of anilines is 1. The van der Waals surface area contributed by atoms with Gasteiger partial charge in [-0.2, -0.15) is 0 Å². The molecule has 1 N–H and O–H groups in total. The molecule has 7 heteroatoms. The van der Waals surface area contributed by atoms with Gasteiger partial charge >= 0.3 is 0 Å². The first-order valence-corrected chi connectivity index (χ1v) is 9.28. The number of benzene rings is 3. The topological polar surface area (TPSA) is 94.6 Å². The van der Waals surface area contributed by atoms with Crippen LogP contribution in [-0.2, 0) is 6.61 Å². The molecule has 0 spiro atoms. The highest BCUT2D eigenvalue weighted by Gasteiger charge is 2.23. The molecule has 1 heterocycles. The Kier molecular flexibility index (Phi) is 5.17. The molecular formula is C23H18N2O5. The molecule has 0 aliphatic carbocycles. The van der Waals surface area contributed by atoms with Crippen molar-refractivity contribution in [2.45, 2.75) is 13.5 Å². The van der Waals surface area contributed by atoms with E-state index in [-0.39, 0.29) is 18.1 Å². The lowest BCUT2D eigenvalue weighted by molar-refractivity contribution is -0.385. The highest BCUT2D eigenvalue weighted by atomic mass is 16.6. The molecule has 0 bridgehead atoms. The fourth-order valence-electron chi connectivity index (χ4n) is 3.23. The standard InChI is InChI=1S/C23H18N2O5/c1-15-19(11-7-12-20(15)25(27)28)24-23(26)22-18(14-29-16-8-3-2-4-9-16)17-10-5-6-13-21(17)30-22/h2-13H,14H2,1H3,(H,24,26). The molecule has 4 rings (SSSR count). The summed E-state index contributed by atoms with van der Waals surface area (Å²) in [6.07, 6.45) is 0. The van der Waals surface area contributed by atoms with Crippen LogP contribution < -0.4 is 10.1 Å². The van der Waals surface area contributed by atoms with Gasteiger partial charge in [0.15, 0.2) is 5.76 Å². The third-order valence-electron chi connectivity index (χ3n) is 4.78. The molecule has 1 amide bonds. The summed E-state index contributed by atoms with van der Waals surface area (Å²) in [7, 11) is 0. The Morgan fingerprint density at radius 2 is 1.77 bits per heavy atom. The zero-order valence-electron chi connectivity index (χ0n) is 16.1. The monoisotopic (exact) mass is 402 g/mol. The van der Waals surface area contributed by atoms with E-state index < -0.39 is 10.8 Å². The number of nitrogens with zero attached hydrogens (tertiary/aromatic N) is 1. The summed E-state index contributed by atoms with van der Waals surface area (Å²) in [5, 5.41) is 14.7. The number of ether oxygens (including phenoxy) is 1. The van der Waals surface area contributed by atoms with Gasteiger partial charge in [-0.1, -0.05) is 42.5 Å². The molecule has 0 saturated heterocycles. The van der Waals surface area contributed by atoms with Crippen molar-refractivity contribution in [2.24, 2.45) is 0 Å². The quantitative estimate of drug-likeness (QED) is 0.340. The highest BCUT2D eigenvalue weighted by molar-refractivity contribution is 6.07. The van der Waals surface area contributed by atoms with Gasteiger partial charge < -0.3 is 14.5 Å². The molecule has 0 fully saturated rings.